The Balaban J connectivity index is 1.66. The van der Waals surface area contributed by atoms with Crippen LogP contribution in [0.5, 0.6) is 0 Å². The Morgan fingerprint density at radius 1 is 1.35 bits per heavy atom. The fraction of sp³-hybridized carbons (Fsp3) is 0.579. The Kier molecular flexibility index (Phi) is 6.04. The van der Waals surface area contributed by atoms with Crippen molar-refractivity contribution < 1.29 is 9.59 Å². The Bertz CT molecular complexity index is 674. The second kappa shape index (κ2) is 8.27. The zero-order valence-electron chi connectivity index (χ0n) is 15.2. The molecule has 2 aliphatic heterocycles. The molecule has 2 fully saturated rings. The van der Waals surface area contributed by atoms with Crippen molar-refractivity contribution in [2.75, 3.05) is 38.0 Å². The number of nitrogens with one attached hydrogen (secondary N) is 3. The van der Waals surface area contributed by atoms with Gasteiger partial charge in [-0.05, 0) is 50.4 Å². The van der Waals surface area contributed by atoms with Gasteiger partial charge in [0.15, 0.2) is 0 Å². The number of halogens is 1. The lowest BCUT2D eigenvalue weighted by molar-refractivity contribution is 0.0953. The first-order chi connectivity index (χ1) is 12.5. The van der Waals surface area contributed by atoms with E-state index >= 15 is 0 Å². The van der Waals surface area contributed by atoms with Gasteiger partial charge in [0.25, 0.3) is 5.91 Å². The van der Waals surface area contributed by atoms with Crippen LogP contribution in [-0.2, 0) is 0 Å². The standard InChI is InChI=1S/C19H27ClN4O2/c1-2-8-22-17(25)15-11-14(4-5-16(15)20)23-18(26)24-10-3-6-19(13-24)7-9-21-12-19/h4-5,11,21H,2-3,6-10,12-13H2,1H3,(H,22,25)(H,23,26)/t19-/m1/s1. The fourth-order valence-corrected chi connectivity index (χ4v) is 4.04. The summed E-state index contributed by atoms with van der Waals surface area (Å²) in [4.78, 5) is 26.8. The molecule has 1 aromatic rings. The lowest BCUT2D eigenvalue weighted by Gasteiger charge is -2.39. The lowest BCUT2D eigenvalue weighted by atomic mass is 9.79. The van der Waals surface area contributed by atoms with Crippen molar-refractivity contribution in [3.05, 3.63) is 28.8 Å². The van der Waals surface area contributed by atoms with Crippen molar-refractivity contribution in [3.63, 3.8) is 0 Å². The minimum absolute atomic E-state index is 0.113. The van der Waals surface area contributed by atoms with E-state index in [0.29, 0.717) is 22.8 Å². The summed E-state index contributed by atoms with van der Waals surface area (Å²) in [5.74, 6) is -0.220. The molecule has 3 rings (SSSR count). The molecule has 1 aromatic carbocycles. The van der Waals surface area contributed by atoms with Crippen molar-refractivity contribution in [2.24, 2.45) is 5.41 Å². The first-order valence-corrected chi connectivity index (χ1v) is 9.75. The van der Waals surface area contributed by atoms with Crippen LogP contribution in [0.25, 0.3) is 0 Å². The molecule has 0 radical (unpaired) electrons. The third-order valence-corrected chi connectivity index (χ3v) is 5.61. The molecule has 26 heavy (non-hydrogen) atoms. The molecule has 7 heteroatoms. The molecule has 1 atom stereocenters. The van der Waals surface area contributed by atoms with Crippen molar-refractivity contribution in [3.8, 4) is 0 Å². The molecular formula is C19H27ClN4O2. The number of nitrogens with zero attached hydrogens (tertiary/aromatic N) is 1. The Hall–Kier alpha value is -1.79. The summed E-state index contributed by atoms with van der Waals surface area (Å²) in [5, 5.41) is 9.53. The van der Waals surface area contributed by atoms with Crippen LogP contribution in [0.1, 0.15) is 43.0 Å². The number of anilines is 1. The van der Waals surface area contributed by atoms with Gasteiger partial charge < -0.3 is 20.9 Å². The van der Waals surface area contributed by atoms with E-state index in [1.807, 2.05) is 11.8 Å². The van der Waals surface area contributed by atoms with Crippen molar-refractivity contribution in [1.82, 2.24) is 15.5 Å². The fourth-order valence-electron chi connectivity index (χ4n) is 3.84. The molecule has 2 saturated heterocycles. The van der Waals surface area contributed by atoms with Crippen LogP contribution in [0.3, 0.4) is 0 Å². The molecule has 2 heterocycles. The summed E-state index contributed by atoms with van der Waals surface area (Å²) in [6.07, 6.45) is 4.18. The van der Waals surface area contributed by atoms with Gasteiger partial charge in [0, 0.05) is 37.3 Å². The number of amides is 3. The second-order valence-electron chi connectivity index (χ2n) is 7.33. The van der Waals surface area contributed by atoms with Crippen LogP contribution in [0.4, 0.5) is 10.5 Å². The first-order valence-electron chi connectivity index (χ1n) is 9.37. The average molecular weight is 379 g/mol. The van der Waals surface area contributed by atoms with E-state index in [4.69, 9.17) is 11.6 Å². The first kappa shape index (κ1) is 19.0. The van der Waals surface area contributed by atoms with Gasteiger partial charge in [-0.1, -0.05) is 18.5 Å². The third kappa shape index (κ3) is 4.30. The molecule has 0 saturated carbocycles. The zero-order valence-corrected chi connectivity index (χ0v) is 16.0. The van der Waals surface area contributed by atoms with Crippen LogP contribution in [-0.4, -0.2) is 49.6 Å². The number of rotatable bonds is 4. The lowest BCUT2D eigenvalue weighted by Crippen LogP contribution is -2.48. The van der Waals surface area contributed by atoms with E-state index in [9.17, 15) is 9.59 Å². The number of urea groups is 1. The number of carbonyl (C=O) groups is 2. The second-order valence-corrected chi connectivity index (χ2v) is 7.74. The SMILES string of the molecule is CCCNC(=O)c1cc(NC(=O)N2CCC[C@]3(CCNC3)C2)ccc1Cl. The van der Waals surface area contributed by atoms with Gasteiger partial charge in [-0.15, -0.1) is 0 Å². The van der Waals surface area contributed by atoms with Gasteiger partial charge >= 0.3 is 6.03 Å². The van der Waals surface area contributed by atoms with Crippen molar-refractivity contribution >= 4 is 29.2 Å². The van der Waals surface area contributed by atoms with Gasteiger partial charge in [0.2, 0.25) is 0 Å². The highest BCUT2D eigenvalue weighted by Crippen LogP contribution is 2.35. The summed E-state index contributed by atoms with van der Waals surface area (Å²) in [6.45, 7) is 6.15. The number of hydrogen-bond acceptors (Lipinski definition) is 3. The molecule has 1 spiro atoms. The molecule has 0 unspecified atom stereocenters. The summed E-state index contributed by atoms with van der Waals surface area (Å²) >= 11 is 6.15. The Labute approximate surface area is 159 Å². The summed E-state index contributed by atoms with van der Waals surface area (Å²) in [5.41, 5.74) is 1.19. The average Bonchev–Trinajstić information content (AvgIpc) is 3.08. The number of benzene rings is 1. The third-order valence-electron chi connectivity index (χ3n) is 5.28. The molecule has 0 aromatic heterocycles. The normalized spacial score (nSPS) is 22.5. The number of carbonyl (C=O) groups excluding carboxylic acids is 2. The maximum absolute atomic E-state index is 12.7. The van der Waals surface area contributed by atoms with Gasteiger partial charge in [-0.3, -0.25) is 4.79 Å². The Morgan fingerprint density at radius 3 is 2.92 bits per heavy atom. The number of piperidine rings is 1. The molecule has 2 aliphatic rings. The van der Waals surface area contributed by atoms with Crippen LogP contribution in [0.2, 0.25) is 5.02 Å². The van der Waals surface area contributed by atoms with E-state index in [1.165, 1.54) is 6.42 Å². The van der Waals surface area contributed by atoms with E-state index in [2.05, 4.69) is 16.0 Å². The van der Waals surface area contributed by atoms with Crippen molar-refractivity contribution in [1.29, 1.82) is 0 Å². The molecule has 3 amide bonds. The van der Waals surface area contributed by atoms with Gasteiger partial charge in [0.05, 0.1) is 10.6 Å². The minimum Gasteiger partial charge on any atom is -0.352 e. The highest BCUT2D eigenvalue weighted by Gasteiger charge is 2.39. The maximum atomic E-state index is 12.7. The molecular weight excluding hydrogens is 352 g/mol. The zero-order chi connectivity index (χ0) is 18.6. The van der Waals surface area contributed by atoms with Gasteiger partial charge in [0.1, 0.15) is 0 Å². The predicted octanol–water partition coefficient (Wildman–Crippen LogP) is 3.09. The largest absolute Gasteiger partial charge is 0.352 e. The number of hydrogen-bond donors (Lipinski definition) is 3. The van der Waals surface area contributed by atoms with E-state index in [0.717, 1.165) is 45.4 Å². The van der Waals surface area contributed by atoms with Crippen molar-refractivity contribution in [2.45, 2.75) is 32.6 Å². The maximum Gasteiger partial charge on any atom is 0.321 e. The topological polar surface area (TPSA) is 73.5 Å². The van der Waals surface area contributed by atoms with Crippen LogP contribution >= 0.6 is 11.6 Å². The van der Waals surface area contributed by atoms with Gasteiger partial charge in [-0.25, -0.2) is 4.79 Å². The van der Waals surface area contributed by atoms with Crippen LogP contribution in [0.15, 0.2) is 18.2 Å². The monoisotopic (exact) mass is 378 g/mol. The quantitative estimate of drug-likeness (QED) is 0.753. The molecule has 6 nitrogen and oxygen atoms in total. The van der Waals surface area contributed by atoms with Gasteiger partial charge in [-0.2, -0.15) is 0 Å². The molecule has 3 N–H and O–H groups in total. The molecule has 0 bridgehead atoms. The summed E-state index contributed by atoms with van der Waals surface area (Å²) in [7, 11) is 0. The summed E-state index contributed by atoms with van der Waals surface area (Å²) < 4.78 is 0. The smallest absolute Gasteiger partial charge is 0.321 e. The predicted molar refractivity (Wildman–Crippen MR) is 104 cm³/mol. The van der Waals surface area contributed by atoms with Crippen LogP contribution in [0, 0.1) is 5.41 Å². The molecule has 0 aliphatic carbocycles. The Morgan fingerprint density at radius 2 is 2.19 bits per heavy atom. The highest BCUT2D eigenvalue weighted by atomic mass is 35.5. The van der Waals surface area contributed by atoms with E-state index in [1.54, 1.807) is 18.2 Å². The van der Waals surface area contributed by atoms with E-state index in [-0.39, 0.29) is 17.4 Å². The van der Waals surface area contributed by atoms with Crippen LogP contribution < -0.4 is 16.0 Å². The highest BCUT2D eigenvalue weighted by molar-refractivity contribution is 6.34. The van der Waals surface area contributed by atoms with E-state index < -0.39 is 0 Å². The summed E-state index contributed by atoms with van der Waals surface area (Å²) in [6, 6.07) is 4.91. The number of likely N-dealkylation sites (tertiary alicyclic amines) is 1. The molecule has 142 valence electrons. The minimum atomic E-state index is -0.220.